The topological polar surface area (TPSA) is 119 Å². The molecule has 2 aromatic heterocycles. The molecule has 36 heavy (non-hydrogen) atoms. The van der Waals surface area contributed by atoms with E-state index >= 15 is 0 Å². The molecule has 9 nitrogen and oxygen atoms in total. The maximum atomic E-state index is 12.7. The van der Waals surface area contributed by atoms with Crippen LogP contribution < -0.4 is 15.4 Å². The summed E-state index contributed by atoms with van der Waals surface area (Å²) in [5, 5.41) is 9.69. The van der Waals surface area contributed by atoms with Crippen molar-refractivity contribution in [3.05, 3.63) is 83.1 Å². The second-order valence-electron chi connectivity index (χ2n) is 8.12. The number of benzene rings is 2. The number of nitrogens with one attached hydrogen (secondary N) is 2. The SMILES string of the molecule is CCc1noc(C)c1C(=O)NCc1nc(-c2ccccc2NC(=O)CCOc2ccccc2)oc1C. The Bertz CT molecular complexity index is 1340. The molecule has 2 aromatic carbocycles. The van der Waals surface area contributed by atoms with Crippen LogP contribution in [0.4, 0.5) is 5.69 Å². The molecule has 4 rings (SSSR count). The zero-order chi connectivity index (χ0) is 25.5. The number of nitrogens with zero attached hydrogens (tertiary/aromatic N) is 2. The van der Waals surface area contributed by atoms with Gasteiger partial charge < -0.3 is 24.3 Å². The highest BCUT2D eigenvalue weighted by Gasteiger charge is 2.21. The molecule has 0 fully saturated rings. The molecule has 2 N–H and O–H groups in total. The molecule has 2 heterocycles. The van der Waals surface area contributed by atoms with Gasteiger partial charge in [-0.15, -0.1) is 0 Å². The largest absolute Gasteiger partial charge is 0.493 e. The third kappa shape index (κ3) is 5.80. The third-order valence-electron chi connectivity index (χ3n) is 5.58. The maximum absolute atomic E-state index is 12.7. The van der Waals surface area contributed by atoms with Crippen molar-refractivity contribution < 1.29 is 23.3 Å². The molecule has 0 bridgehead atoms. The predicted molar refractivity (Wildman–Crippen MR) is 134 cm³/mol. The van der Waals surface area contributed by atoms with E-state index in [2.05, 4.69) is 20.8 Å². The lowest BCUT2D eigenvalue weighted by molar-refractivity contribution is -0.116. The van der Waals surface area contributed by atoms with Gasteiger partial charge in [0, 0.05) is 0 Å². The summed E-state index contributed by atoms with van der Waals surface area (Å²) in [4.78, 5) is 29.8. The second-order valence-corrected chi connectivity index (χ2v) is 8.12. The zero-order valence-corrected chi connectivity index (χ0v) is 20.5. The molecule has 0 aliphatic carbocycles. The number of amides is 2. The number of oxazole rings is 1. The van der Waals surface area contributed by atoms with Gasteiger partial charge in [-0.3, -0.25) is 9.59 Å². The van der Waals surface area contributed by atoms with E-state index in [1.807, 2.05) is 55.5 Å². The third-order valence-corrected chi connectivity index (χ3v) is 5.58. The van der Waals surface area contributed by atoms with E-state index in [1.54, 1.807) is 19.9 Å². The highest BCUT2D eigenvalue weighted by Crippen LogP contribution is 2.29. The van der Waals surface area contributed by atoms with Gasteiger partial charge in [0.05, 0.1) is 36.5 Å². The normalized spacial score (nSPS) is 10.8. The van der Waals surface area contributed by atoms with E-state index in [9.17, 15) is 9.59 Å². The summed E-state index contributed by atoms with van der Waals surface area (Å²) in [6, 6.07) is 16.6. The minimum absolute atomic E-state index is 0.174. The molecule has 0 aliphatic rings. The van der Waals surface area contributed by atoms with Crippen LogP contribution in [-0.2, 0) is 17.8 Å². The van der Waals surface area contributed by atoms with Crippen molar-refractivity contribution >= 4 is 17.5 Å². The average molecular weight is 489 g/mol. The van der Waals surface area contributed by atoms with Gasteiger partial charge in [0.1, 0.15) is 28.5 Å². The van der Waals surface area contributed by atoms with Gasteiger partial charge in [0.2, 0.25) is 11.8 Å². The number of aryl methyl sites for hydroxylation is 3. The van der Waals surface area contributed by atoms with Gasteiger partial charge in [0.25, 0.3) is 5.91 Å². The Morgan fingerprint density at radius 1 is 0.972 bits per heavy atom. The van der Waals surface area contributed by atoms with Crippen molar-refractivity contribution in [3.63, 3.8) is 0 Å². The molecule has 186 valence electrons. The first-order valence-electron chi connectivity index (χ1n) is 11.7. The van der Waals surface area contributed by atoms with E-state index in [0.29, 0.717) is 57.8 Å². The van der Waals surface area contributed by atoms with Crippen molar-refractivity contribution in [2.24, 2.45) is 0 Å². The van der Waals surface area contributed by atoms with Crippen LogP contribution in [0, 0.1) is 13.8 Å². The summed E-state index contributed by atoms with van der Waals surface area (Å²) < 4.78 is 16.6. The number of para-hydroxylation sites is 2. The van der Waals surface area contributed by atoms with Crippen LogP contribution in [0.3, 0.4) is 0 Å². The Kier molecular flexibility index (Phi) is 7.79. The minimum atomic E-state index is -0.278. The summed E-state index contributed by atoms with van der Waals surface area (Å²) >= 11 is 0. The quantitative estimate of drug-likeness (QED) is 0.328. The molecule has 0 unspecified atom stereocenters. The smallest absolute Gasteiger partial charge is 0.257 e. The van der Waals surface area contributed by atoms with Crippen LogP contribution >= 0.6 is 0 Å². The molecule has 0 atom stereocenters. The highest BCUT2D eigenvalue weighted by atomic mass is 16.5. The molecule has 0 spiro atoms. The van der Waals surface area contributed by atoms with Crippen molar-refractivity contribution in [1.29, 1.82) is 0 Å². The van der Waals surface area contributed by atoms with Crippen LogP contribution in [0.25, 0.3) is 11.5 Å². The van der Waals surface area contributed by atoms with Gasteiger partial charge >= 0.3 is 0 Å². The summed E-state index contributed by atoms with van der Waals surface area (Å²) in [6.45, 7) is 5.83. The Morgan fingerprint density at radius 2 is 1.72 bits per heavy atom. The van der Waals surface area contributed by atoms with Gasteiger partial charge in [0.15, 0.2) is 0 Å². The molecule has 0 aliphatic heterocycles. The van der Waals surface area contributed by atoms with Crippen LogP contribution in [0.5, 0.6) is 5.75 Å². The van der Waals surface area contributed by atoms with Crippen LogP contribution in [-0.4, -0.2) is 28.6 Å². The van der Waals surface area contributed by atoms with Crippen molar-refractivity contribution in [2.45, 2.75) is 40.2 Å². The number of anilines is 1. The van der Waals surface area contributed by atoms with Crippen LogP contribution in [0.1, 0.15) is 46.6 Å². The summed E-state index contributed by atoms with van der Waals surface area (Å²) in [6.07, 6.45) is 0.779. The van der Waals surface area contributed by atoms with E-state index in [4.69, 9.17) is 13.7 Å². The first-order chi connectivity index (χ1) is 17.5. The van der Waals surface area contributed by atoms with Gasteiger partial charge in [-0.25, -0.2) is 4.98 Å². The molecule has 9 heteroatoms. The number of ether oxygens (including phenoxy) is 1. The van der Waals surface area contributed by atoms with Crippen molar-refractivity contribution in [1.82, 2.24) is 15.5 Å². The molecule has 4 aromatic rings. The van der Waals surface area contributed by atoms with Crippen LogP contribution in [0.2, 0.25) is 0 Å². The number of hydrogen-bond acceptors (Lipinski definition) is 7. The summed E-state index contributed by atoms with van der Waals surface area (Å²) in [5.74, 6) is 1.64. The maximum Gasteiger partial charge on any atom is 0.257 e. The lowest BCUT2D eigenvalue weighted by Gasteiger charge is -2.09. The van der Waals surface area contributed by atoms with Crippen molar-refractivity contribution in [2.75, 3.05) is 11.9 Å². The van der Waals surface area contributed by atoms with E-state index in [-0.39, 0.29) is 31.4 Å². The standard InChI is InChI=1S/C27H28N4O5/c1-4-21-25(18(3)36-31-21)26(33)28-16-23-17(2)35-27(30-23)20-12-8-9-13-22(20)29-24(32)14-15-34-19-10-6-5-7-11-19/h5-13H,4,14-16H2,1-3H3,(H,28,33)(H,29,32). The van der Waals surface area contributed by atoms with Crippen LogP contribution in [0.15, 0.2) is 63.5 Å². The minimum Gasteiger partial charge on any atom is -0.493 e. The number of carbonyl (C=O) groups is 2. The van der Waals surface area contributed by atoms with E-state index in [1.165, 1.54) is 0 Å². The van der Waals surface area contributed by atoms with Gasteiger partial charge in [-0.05, 0) is 44.5 Å². The molecular formula is C27H28N4O5. The first-order valence-corrected chi connectivity index (χ1v) is 11.7. The number of hydrogen-bond donors (Lipinski definition) is 2. The van der Waals surface area contributed by atoms with Gasteiger partial charge in [-0.2, -0.15) is 0 Å². The Balaban J connectivity index is 1.40. The molecule has 0 saturated carbocycles. The summed E-state index contributed by atoms with van der Waals surface area (Å²) in [5.41, 5.74) is 2.86. The fourth-order valence-electron chi connectivity index (χ4n) is 3.68. The fraction of sp³-hybridized carbons (Fsp3) is 0.259. The predicted octanol–water partition coefficient (Wildman–Crippen LogP) is 4.85. The Morgan fingerprint density at radius 3 is 2.50 bits per heavy atom. The number of carbonyl (C=O) groups excluding carboxylic acids is 2. The molecule has 0 saturated heterocycles. The lowest BCUT2D eigenvalue weighted by Crippen LogP contribution is -2.24. The second kappa shape index (κ2) is 11.4. The fourth-order valence-corrected chi connectivity index (χ4v) is 3.68. The van der Waals surface area contributed by atoms with E-state index in [0.717, 1.165) is 0 Å². The molecule has 0 radical (unpaired) electrons. The molecular weight excluding hydrogens is 460 g/mol. The highest BCUT2D eigenvalue weighted by molar-refractivity contribution is 5.96. The lowest BCUT2D eigenvalue weighted by atomic mass is 10.1. The average Bonchev–Trinajstić information content (AvgIpc) is 3.45. The van der Waals surface area contributed by atoms with Gasteiger partial charge in [-0.1, -0.05) is 42.4 Å². The van der Waals surface area contributed by atoms with Crippen molar-refractivity contribution in [3.8, 4) is 17.2 Å². The zero-order valence-electron chi connectivity index (χ0n) is 20.5. The van der Waals surface area contributed by atoms with E-state index < -0.39 is 0 Å². The monoisotopic (exact) mass is 488 g/mol. The first kappa shape index (κ1) is 24.7. The number of rotatable bonds is 10. The Labute approximate surface area is 208 Å². The number of aromatic nitrogens is 2. The summed E-state index contributed by atoms with van der Waals surface area (Å²) in [7, 11) is 0. The Hall–Kier alpha value is -4.40. The molecule has 2 amide bonds.